The van der Waals surface area contributed by atoms with Gasteiger partial charge in [0.25, 0.3) is 0 Å². The maximum absolute atomic E-state index is 11.8. The molecule has 1 saturated heterocycles. The summed E-state index contributed by atoms with van der Waals surface area (Å²) in [6.45, 7) is 0.521. The highest BCUT2D eigenvalue weighted by molar-refractivity contribution is 7.99. The topological polar surface area (TPSA) is 62.1 Å². The van der Waals surface area contributed by atoms with E-state index in [1.807, 2.05) is 30.3 Å². The molecular weight excluding hydrogens is 272 g/mol. The van der Waals surface area contributed by atoms with Gasteiger partial charge in [-0.25, -0.2) is 0 Å². The molecule has 2 rings (SSSR count). The smallest absolute Gasteiger partial charge is 0.247 e. The van der Waals surface area contributed by atoms with Gasteiger partial charge in [0.05, 0.1) is 12.7 Å². The number of ether oxygens (including phenoxy) is 1. The Bertz CT molecular complexity index is 478. The SMILES string of the molecule is N#C[C@]1(NC(=O)COCCc2ccccc2)CCSC1. The highest BCUT2D eigenvalue weighted by Crippen LogP contribution is 2.27. The number of nitriles is 1. The summed E-state index contributed by atoms with van der Waals surface area (Å²) in [5.74, 6) is 1.38. The second-order valence-corrected chi connectivity index (χ2v) is 5.94. The molecule has 1 N–H and O–H groups in total. The van der Waals surface area contributed by atoms with E-state index in [4.69, 9.17) is 10.00 Å². The zero-order valence-corrected chi connectivity index (χ0v) is 12.1. The van der Waals surface area contributed by atoms with Gasteiger partial charge in [-0.2, -0.15) is 17.0 Å². The molecule has 20 heavy (non-hydrogen) atoms. The van der Waals surface area contributed by atoms with Gasteiger partial charge < -0.3 is 10.1 Å². The highest BCUT2D eigenvalue weighted by Gasteiger charge is 2.35. The lowest BCUT2D eigenvalue weighted by molar-refractivity contribution is -0.126. The molecule has 4 nitrogen and oxygen atoms in total. The Hall–Kier alpha value is -1.51. The first kappa shape index (κ1) is 14.9. The van der Waals surface area contributed by atoms with Crippen LogP contribution in [0.3, 0.4) is 0 Å². The predicted octanol–water partition coefficient (Wildman–Crippen LogP) is 1.76. The molecular formula is C15H18N2O2S. The number of amides is 1. The van der Waals surface area contributed by atoms with Crippen molar-refractivity contribution in [1.82, 2.24) is 5.32 Å². The minimum atomic E-state index is -0.690. The van der Waals surface area contributed by atoms with Crippen molar-refractivity contribution in [3.8, 4) is 6.07 Å². The quantitative estimate of drug-likeness (QED) is 0.811. The number of nitrogens with one attached hydrogen (secondary N) is 1. The van der Waals surface area contributed by atoms with Crippen molar-refractivity contribution in [3.63, 3.8) is 0 Å². The zero-order chi connectivity index (χ0) is 14.3. The Morgan fingerprint density at radius 2 is 2.25 bits per heavy atom. The number of thioether (sulfide) groups is 1. The van der Waals surface area contributed by atoms with Crippen LogP contribution in [0.25, 0.3) is 0 Å². The van der Waals surface area contributed by atoms with Crippen LogP contribution in [0.5, 0.6) is 0 Å². The molecule has 0 unspecified atom stereocenters. The van der Waals surface area contributed by atoms with Crippen LogP contribution in [0, 0.1) is 11.3 Å². The van der Waals surface area contributed by atoms with Gasteiger partial charge >= 0.3 is 0 Å². The molecule has 0 saturated carbocycles. The van der Waals surface area contributed by atoms with Crippen LogP contribution in [0.15, 0.2) is 30.3 Å². The minimum Gasteiger partial charge on any atom is -0.371 e. The standard InChI is InChI=1S/C15H18N2O2S/c16-11-15(7-9-20-12-15)17-14(18)10-19-8-6-13-4-2-1-3-5-13/h1-5H,6-10,12H2,(H,17,18)/t15-/m1/s1. The summed E-state index contributed by atoms with van der Waals surface area (Å²) in [5, 5.41) is 12.0. The van der Waals surface area contributed by atoms with Crippen molar-refractivity contribution in [2.24, 2.45) is 0 Å². The van der Waals surface area contributed by atoms with E-state index in [0.29, 0.717) is 18.8 Å². The summed E-state index contributed by atoms with van der Waals surface area (Å²) in [4.78, 5) is 11.8. The number of benzene rings is 1. The number of nitrogens with zero attached hydrogens (tertiary/aromatic N) is 1. The lowest BCUT2D eigenvalue weighted by Gasteiger charge is -2.21. The first-order valence-electron chi connectivity index (χ1n) is 6.66. The molecule has 0 bridgehead atoms. The number of hydrogen-bond donors (Lipinski definition) is 1. The second kappa shape index (κ2) is 7.32. The maximum atomic E-state index is 11.8. The van der Waals surface area contributed by atoms with Gasteiger partial charge in [-0.15, -0.1) is 0 Å². The van der Waals surface area contributed by atoms with Crippen molar-refractivity contribution in [2.45, 2.75) is 18.4 Å². The van der Waals surface area contributed by atoms with Crippen molar-refractivity contribution in [1.29, 1.82) is 5.26 Å². The predicted molar refractivity (Wildman–Crippen MR) is 79.4 cm³/mol. The summed E-state index contributed by atoms with van der Waals surface area (Å²) >= 11 is 1.70. The van der Waals surface area contributed by atoms with Crippen LogP contribution in [-0.2, 0) is 16.0 Å². The van der Waals surface area contributed by atoms with Gasteiger partial charge in [0.2, 0.25) is 5.91 Å². The van der Waals surface area contributed by atoms with Crippen LogP contribution >= 0.6 is 11.8 Å². The van der Waals surface area contributed by atoms with Gasteiger partial charge in [-0.1, -0.05) is 30.3 Å². The first-order valence-corrected chi connectivity index (χ1v) is 7.81. The maximum Gasteiger partial charge on any atom is 0.247 e. The molecule has 1 atom stereocenters. The average Bonchev–Trinajstić information content (AvgIpc) is 2.94. The zero-order valence-electron chi connectivity index (χ0n) is 11.3. The molecule has 106 valence electrons. The summed E-state index contributed by atoms with van der Waals surface area (Å²) in [6.07, 6.45) is 1.50. The number of hydrogen-bond acceptors (Lipinski definition) is 4. The van der Waals surface area contributed by atoms with Crippen molar-refractivity contribution >= 4 is 17.7 Å². The van der Waals surface area contributed by atoms with E-state index < -0.39 is 5.54 Å². The van der Waals surface area contributed by atoms with Crippen LogP contribution in [0.4, 0.5) is 0 Å². The molecule has 1 amide bonds. The molecule has 0 aliphatic carbocycles. The van der Waals surface area contributed by atoms with Crippen LogP contribution < -0.4 is 5.32 Å². The molecule has 0 aromatic heterocycles. The van der Waals surface area contributed by atoms with Gasteiger partial charge in [-0.05, 0) is 24.2 Å². The highest BCUT2D eigenvalue weighted by atomic mass is 32.2. The lowest BCUT2D eigenvalue weighted by atomic mass is 10.0. The van der Waals surface area contributed by atoms with Crippen molar-refractivity contribution in [3.05, 3.63) is 35.9 Å². The Kier molecular flexibility index (Phi) is 5.45. The van der Waals surface area contributed by atoms with Crippen LogP contribution in [-0.4, -0.2) is 36.2 Å². The van der Waals surface area contributed by atoms with Crippen LogP contribution in [0.1, 0.15) is 12.0 Å². The lowest BCUT2D eigenvalue weighted by Crippen LogP contribution is -2.48. The molecule has 1 heterocycles. The molecule has 0 spiro atoms. The summed E-state index contributed by atoms with van der Waals surface area (Å²) in [5.41, 5.74) is 0.499. The molecule has 5 heteroatoms. The van der Waals surface area contributed by atoms with E-state index in [-0.39, 0.29) is 12.5 Å². The second-order valence-electron chi connectivity index (χ2n) is 4.83. The molecule has 1 aromatic carbocycles. The Morgan fingerprint density at radius 1 is 1.45 bits per heavy atom. The van der Waals surface area contributed by atoms with E-state index >= 15 is 0 Å². The van der Waals surface area contributed by atoms with Gasteiger partial charge in [0.1, 0.15) is 12.1 Å². The fraction of sp³-hybridized carbons (Fsp3) is 0.467. The minimum absolute atomic E-state index is 0.0148. The van der Waals surface area contributed by atoms with E-state index in [9.17, 15) is 4.79 Å². The molecule has 1 aliphatic rings. The number of rotatable bonds is 6. The Balaban J connectivity index is 1.67. The molecule has 1 aliphatic heterocycles. The van der Waals surface area contributed by atoms with Gasteiger partial charge in [0.15, 0.2) is 0 Å². The van der Waals surface area contributed by atoms with Crippen LogP contribution in [0.2, 0.25) is 0 Å². The Morgan fingerprint density at radius 3 is 2.90 bits per heavy atom. The third-order valence-corrected chi connectivity index (χ3v) is 4.42. The summed E-state index contributed by atoms with van der Waals surface area (Å²) in [6, 6.07) is 12.2. The van der Waals surface area contributed by atoms with E-state index in [1.165, 1.54) is 5.56 Å². The average molecular weight is 290 g/mol. The number of carbonyl (C=O) groups excluding carboxylic acids is 1. The monoisotopic (exact) mass is 290 g/mol. The summed E-state index contributed by atoms with van der Waals surface area (Å²) in [7, 11) is 0. The van der Waals surface area contributed by atoms with Gasteiger partial charge in [-0.3, -0.25) is 4.79 Å². The third kappa shape index (κ3) is 4.26. The fourth-order valence-electron chi connectivity index (χ4n) is 2.08. The molecule has 1 aromatic rings. The van der Waals surface area contributed by atoms with Gasteiger partial charge in [0, 0.05) is 5.75 Å². The third-order valence-electron chi connectivity index (χ3n) is 3.23. The van der Waals surface area contributed by atoms with Crippen molar-refractivity contribution < 1.29 is 9.53 Å². The first-order chi connectivity index (χ1) is 9.74. The largest absolute Gasteiger partial charge is 0.371 e. The van der Waals surface area contributed by atoms with E-state index in [2.05, 4.69) is 11.4 Å². The van der Waals surface area contributed by atoms with Crippen molar-refractivity contribution in [2.75, 3.05) is 24.7 Å². The van der Waals surface area contributed by atoms with E-state index in [0.717, 1.165) is 12.2 Å². The Labute approximate surface area is 123 Å². The summed E-state index contributed by atoms with van der Waals surface area (Å²) < 4.78 is 5.37. The number of carbonyl (C=O) groups is 1. The fourth-order valence-corrected chi connectivity index (χ4v) is 3.35. The molecule has 0 radical (unpaired) electrons. The molecule has 1 fully saturated rings. The van der Waals surface area contributed by atoms with E-state index in [1.54, 1.807) is 11.8 Å². The normalized spacial score (nSPS) is 21.4.